The molecule has 0 radical (unpaired) electrons. The van der Waals surface area contributed by atoms with Crippen molar-refractivity contribution in [3.8, 4) is 5.75 Å². The van der Waals surface area contributed by atoms with E-state index in [-0.39, 0.29) is 11.8 Å². The van der Waals surface area contributed by atoms with Gasteiger partial charge in [-0.3, -0.25) is 4.79 Å². The standard InChI is InChI=1S/C28H28N2O4S/c1-19-8-9-20(2)24(14-19)17-34-27-16-25(12-13-26(27)29-18-35(3,32)33)30-28(31)23-11-10-21-6-4-5-7-22(21)15-23/h4-16,29H,17-18H2,1-3H3,(H,30,31). The van der Waals surface area contributed by atoms with E-state index in [0.717, 1.165) is 33.7 Å². The van der Waals surface area contributed by atoms with E-state index in [2.05, 4.69) is 16.7 Å². The SMILES string of the molecule is Cc1ccc(C)c(COc2cc(NC(=O)c3ccc4ccccc4c3)ccc2NCS(C)(=O)=O)c1. The number of anilines is 2. The molecule has 0 atom stereocenters. The van der Waals surface area contributed by atoms with Gasteiger partial charge >= 0.3 is 0 Å². The van der Waals surface area contributed by atoms with Crippen molar-refractivity contribution in [2.45, 2.75) is 20.5 Å². The first-order valence-electron chi connectivity index (χ1n) is 11.2. The Morgan fingerprint density at radius 1 is 0.886 bits per heavy atom. The lowest BCUT2D eigenvalue weighted by atomic mass is 10.1. The van der Waals surface area contributed by atoms with Crippen molar-refractivity contribution >= 4 is 37.9 Å². The summed E-state index contributed by atoms with van der Waals surface area (Å²) in [5.74, 6) is -0.0192. The van der Waals surface area contributed by atoms with Crippen LogP contribution in [0.2, 0.25) is 0 Å². The summed E-state index contributed by atoms with van der Waals surface area (Å²) < 4.78 is 29.5. The first-order valence-corrected chi connectivity index (χ1v) is 13.3. The maximum Gasteiger partial charge on any atom is 0.255 e. The summed E-state index contributed by atoms with van der Waals surface area (Å²) >= 11 is 0. The van der Waals surface area contributed by atoms with E-state index in [1.54, 1.807) is 24.3 Å². The highest BCUT2D eigenvalue weighted by molar-refractivity contribution is 7.90. The molecule has 6 nitrogen and oxygen atoms in total. The van der Waals surface area contributed by atoms with Crippen molar-refractivity contribution in [2.75, 3.05) is 22.8 Å². The van der Waals surface area contributed by atoms with Crippen LogP contribution in [0.4, 0.5) is 11.4 Å². The summed E-state index contributed by atoms with van der Waals surface area (Å²) in [5, 5.41) is 7.89. The van der Waals surface area contributed by atoms with Crippen molar-refractivity contribution in [3.05, 3.63) is 101 Å². The Bertz CT molecular complexity index is 1500. The molecule has 0 spiro atoms. The minimum Gasteiger partial charge on any atom is -0.487 e. The van der Waals surface area contributed by atoms with Crippen molar-refractivity contribution in [1.29, 1.82) is 0 Å². The van der Waals surface area contributed by atoms with Crippen LogP contribution in [-0.2, 0) is 16.4 Å². The Morgan fingerprint density at radius 3 is 2.43 bits per heavy atom. The van der Waals surface area contributed by atoms with Crippen LogP contribution in [-0.4, -0.2) is 26.5 Å². The number of hydrogen-bond acceptors (Lipinski definition) is 5. The van der Waals surface area contributed by atoms with Crippen molar-refractivity contribution in [3.63, 3.8) is 0 Å². The zero-order chi connectivity index (χ0) is 25.0. The molecule has 180 valence electrons. The molecule has 0 unspecified atom stereocenters. The van der Waals surface area contributed by atoms with Crippen LogP contribution < -0.4 is 15.4 Å². The number of aryl methyl sites for hydroxylation is 2. The van der Waals surface area contributed by atoms with E-state index in [0.29, 0.717) is 29.3 Å². The van der Waals surface area contributed by atoms with E-state index >= 15 is 0 Å². The van der Waals surface area contributed by atoms with Crippen LogP contribution >= 0.6 is 0 Å². The smallest absolute Gasteiger partial charge is 0.255 e. The number of carbonyl (C=O) groups excluding carboxylic acids is 1. The molecule has 4 aromatic rings. The summed E-state index contributed by atoms with van der Waals surface area (Å²) in [5.41, 5.74) is 4.88. The lowest BCUT2D eigenvalue weighted by molar-refractivity contribution is 0.102. The van der Waals surface area contributed by atoms with Gasteiger partial charge in [-0.05, 0) is 60.0 Å². The lowest BCUT2D eigenvalue weighted by Gasteiger charge is -2.16. The van der Waals surface area contributed by atoms with Crippen LogP contribution in [0.5, 0.6) is 5.75 Å². The molecule has 0 aliphatic rings. The molecule has 0 heterocycles. The second-order valence-electron chi connectivity index (χ2n) is 8.69. The topological polar surface area (TPSA) is 84.5 Å². The number of benzene rings is 4. The summed E-state index contributed by atoms with van der Waals surface area (Å²) in [6.45, 7) is 4.34. The Morgan fingerprint density at radius 2 is 1.66 bits per heavy atom. The number of carbonyl (C=O) groups is 1. The van der Waals surface area contributed by atoms with E-state index < -0.39 is 9.84 Å². The van der Waals surface area contributed by atoms with Crippen molar-refractivity contribution < 1.29 is 17.9 Å². The second kappa shape index (κ2) is 10.2. The number of rotatable bonds is 8. The highest BCUT2D eigenvalue weighted by Crippen LogP contribution is 2.30. The molecule has 7 heteroatoms. The van der Waals surface area contributed by atoms with Gasteiger partial charge in [0.1, 0.15) is 18.2 Å². The summed E-state index contributed by atoms with van der Waals surface area (Å²) in [4.78, 5) is 12.9. The van der Waals surface area contributed by atoms with Gasteiger partial charge in [-0.15, -0.1) is 0 Å². The van der Waals surface area contributed by atoms with E-state index in [9.17, 15) is 13.2 Å². The van der Waals surface area contributed by atoms with Gasteiger partial charge in [-0.1, -0.05) is 54.1 Å². The maximum atomic E-state index is 12.9. The molecule has 0 bridgehead atoms. The molecule has 0 aromatic heterocycles. The largest absolute Gasteiger partial charge is 0.487 e. The molecule has 4 rings (SSSR count). The number of amides is 1. The van der Waals surface area contributed by atoms with Crippen LogP contribution in [0.25, 0.3) is 10.8 Å². The predicted octanol–water partition coefficient (Wildman–Crippen LogP) is 5.70. The normalized spacial score (nSPS) is 11.3. The minimum atomic E-state index is -3.24. The Labute approximate surface area is 205 Å². The van der Waals surface area contributed by atoms with E-state index in [1.165, 1.54) is 0 Å². The number of nitrogens with one attached hydrogen (secondary N) is 2. The summed E-state index contributed by atoms with van der Waals surface area (Å²) in [6.07, 6.45) is 1.16. The number of fused-ring (bicyclic) bond motifs is 1. The fourth-order valence-corrected chi connectivity index (χ4v) is 4.14. The van der Waals surface area contributed by atoms with E-state index in [1.807, 2.05) is 62.4 Å². The van der Waals surface area contributed by atoms with Crippen LogP contribution in [0.1, 0.15) is 27.0 Å². The molecule has 0 fully saturated rings. The Hall–Kier alpha value is -3.84. The zero-order valence-corrected chi connectivity index (χ0v) is 20.8. The zero-order valence-electron chi connectivity index (χ0n) is 20.0. The summed E-state index contributed by atoms with van der Waals surface area (Å²) in [6, 6.07) is 24.7. The van der Waals surface area contributed by atoms with Crippen molar-refractivity contribution in [1.82, 2.24) is 0 Å². The average molecular weight is 489 g/mol. The molecule has 0 aliphatic heterocycles. The van der Waals surface area contributed by atoms with Gasteiger partial charge in [0.05, 0.1) is 5.69 Å². The summed E-state index contributed by atoms with van der Waals surface area (Å²) in [7, 11) is -3.24. The number of sulfone groups is 1. The van der Waals surface area contributed by atoms with Gasteiger partial charge in [0.15, 0.2) is 9.84 Å². The maximum absolute atomic E-state index is 12.9. The molecule has 0 saturated carbocycles. The molecule has 0 aliphatic carbocycles. The molecule has 1 amide bonds. The second-order valence-corrected chi connectivity index (χ2v) is 10.8. The molecular formula is C28H28N2O4S. The van der Waals surface area contributed by atoms with Crippen LogP contribution in [0.15, 0.2) is 78.9 Å². The van der Waals surface area contributed by atoms with Gasteiger partial charge < -0.3 is 15.4 Å². The van der Waals surface area contributed by atoms with Gasteiger partial charge in [0.25, 0.3) is 5.91 Å². The molecule has 2 N–H and O–H groups in total. The van der Waals surface area contributed by atoms with Gasteiger partial charge in [-0.2, -0.15) is 0 Å². The third kappa shape index (κ3) is 6.39. The monoisotopic (exact) mass is 488 g/mol. The van der Waals surface area contributed by atoms with Gasteiger partial charge in [0, 0.05) is 23.6 Å². The fourth-order valence-electron chi connectivity index (χ4n) is 3.72. The third-order valence-corrected chi connectivity index (χ3v) is 6.33. The van der Waals surface area contributed by atoms with E-state index in [4.69, 9.17) is 4.74 Å². The highest BCUT2D eigenvalue weighted by atomic mass is 32.2. The number of hydrogen-bond donors (Lipinski definition) is 2. The first kappa shape index (κ1) is 24.3. The minimum absolute atomic E-state index is 0.227. The Balaban J connectivity index is 1.58. The number of ether oxygens (including phenoxy) is 1. The predicted molar refractivity (Wildman–Crippen MR) is 142 cm³/mol. The molecule has 35 heavy (non-hydrogen) atoms. The fraction of sp³-hybridized carbons (Fsp3) is 0.179. The Kier molecular flexibility index (Phi) is 7.07. The molecule has 4 aromatic carbocycles. The van der Waals surface area contributed by atoms with Crippen LogP contribution in [0.3, 0.4) is 0 Å². The molecular weight excluding hydrogens is 460 g/mol. The van der Waals surface area contributed by atoms with Crippen molar-refractivity contribution in [2.24, 2.45) is 0 Å². The quantitative estimate of drug-likeness (QED) is 0.332. The average Bonchev–Trinajstić information content (AvgIpc) is 2.83. The highest BCUT2D eigenvalue weighted by Gasteiger charge is 2.12. The third-order valence-electron chi connectivity index (χ3n) is 5.66. The van der Waals surface area contributed by atoms with Gasteiger partial charge in [0.2, 0.25) is 0 Å². The first-order chi connectivity index (χ1) is 16.7. The lowest BCUT2D eigenvalue weighted by Crippen LogP contribution is -2.14. The van der Waals surface area contributed by atoms with Gasteiger partial charge in [-0.25, -0.2) is 8.42 Å². The molecule has 0 saturated heterocycles. The van der Waals surface area contributed by atoms with Crippen LogP contribution in [0, 0.1) is 13.8 Å².